The second-order valence-electron chi connectivity index (χ2n) is 9.06. The van der Waals surface area contributed by atoms with Gasteiger partial charge in [-0.25, -0.2) is 8.42 Å². The molecule has 37 heavy (non-hydrogen) atoms. The molecule has 3 aromatic carbocycles. The Bertz CT molecular complexity index is 1310. The van der Waals surface area contributed by atoms with Crippen LogP contribution in [0.25, 0.3) is 0 Å². The number of likely N-dealkylation sites (N-methyl/N-ethyl adjacent to an activating group) is 1. The van der Waals surface area contributed by atoms with Crippen molar-refractivity contribution in [2.45, 2.75) is 39.3 Å². The Hall–Kier alpha value is -3.65. The quantitative estimate of drug-likeness (QED) is 0.417. The van der Waals surface area contributed by atoms with Crippen LogP contribution < -0.4 is 9.62 Å². The number of nitrogens with one attached hydrogen (secondary N) is 1. The standard InChI is InChI=1S/C29H35N3O4S/c1-5-23-15-17-26(18-16-23)32(37(4,35)36)21-28(33)31(20-25-14-10-9-11-22(25)2)27(29(34)30-3)19-24-12-7-6-8-13-24/h6-18,27H,5,19-21H2,1-4H3,(H,30,34). The largest absolute Gasteiger partial charge is 0.357 e. The molecule has 8 heteroatoms. The lowest BCUT2D eigenvalue weighted by Gasteiger charge is -2.33. The topological polar surface area (TPSA) is 86.8 Å². The molecule has 0 saturated heterocycles. The number of nitrogens with zero attached hydrogens (tertiary/aromatic N) is 2. The number of hydrogen-bond acceptors (Lipinski definition) is 4. The maximum absolute atomic E-state index is 13.9. The molecule has 0 fully saturated rings. The molecule has 1 atom stereocenters. The van der Waals surface area contributed by atoms with Crippen LogP contribution in [0.1, 0.15) is 29.2 Å². The average Bonchev–Trinajstić information content (AvgIpc) is 2.89. The van der Waals surface area contributed by atoms with E-state index in [0.29, 0.717) is 12.1 Å². The van der Waals surface area contributed by atoms with Gasteiger partial charge in [0.05, 0.1) is 11.9 Å². The SMILES string of the molecule is CCc1ccc(N(CC(=O)N(Cc2ccccc2C)C(Cc2ccccc2)C(=O)NC)S(C)(=O)=O)cc1. The zero-order valence-corrected chi connectivity index (χ0v) is 22.7. The lowest BCUT2D eigenvalue weighted by Crippen LogP contribution is -2.53. The molecule has 1 unspecified atom stereocenters. The van der Waals surface area contributed by atoms with Crippen LogP contribution in [0.4, 0.5) is 5.69 Å². The summed E-state index contributed by atoms with van der Waals surface area (Å²) in [5, 5.41) is 2.68. The van der Waals surface area contributed by atoms with Crippen LogP contribution in [0.2, 0.25) is 0 Å². The molecule has 2 amide bonds. The summed E-state index contributed by atoms with van der Waals surface area (Å²) in [6.45, 7) is 3.71. The average molecular weight is 522 g/mol. The molecule has 0 radical (unpaired) electrons. The van der Waals surface area contributed by atoms with E-state index in [2.05, 4.69) is 5.32 Å². The van der Waals surface area contributed by atoms with Crippen LogP contribution in [0.5, 0.6) is 0 Å². The van der Waals surface area contributed by atoms with Crippen LogP contribution in [0.3, 0.4) is 0 Å². The van der Waals surface area contributed by atoms with Crippen molar-refractivity contribution < 1.29 is 18.0 Å². The molecule has 0 spiro atoms. The zero-order chi connectivity index (χ0) is 27.0. The fraction of sp³-hybridized carbons (Fsp3) is 0.310. The number of carbonyl (C=O) groups is 2. The van der Waals surface area contributed by atoms with Crippen molar-refractivity contribution in [3.63, 3.8) is 0 Å². The molecule has 0 aromatic heterocycles. The molecular weight excluding hydrogens is 486 g/mol. The number of amides is 2. The van der Waals surface area contributed by atoms with E-state index in [9.17, 15) is 18.0 Å². The van der Waals surface area contributed by atoms with Gasteiger partial charge in [0.25, 0.3) is 0 Å². The number of hydrogen-bond donors (Lipinski definition) is 1. The first kappa shape index (κ1) is 27.9. The number of carbonyl (C=O) groups excluding carboxylic acids is 2. The van der Waals surface area contributed by atoms with Gasteiger partial charge < -0.3 is 10.2 Å². The Balaban J connectivity index is 2.02. The number of aryl methyl sites for hydroxylation is 2. The smallest absolute Gasteiger partial charge is 0.244 e. The summed E-state index contributed by atoms with van der Waals surface area (Å²) >= 11 is 0. The van der Waals surface area contributed by atoms with Gasteiger partial charge in [0.2, 0.25) is 21.8 Å². The van der Waals surface area contributed by atoms with E-state index >= 15 is 0 Å². The Morgan fingerprint density at radius 2 is 1.51 bits per heavy atom. The van der Waals surface area contributed by atoms with E-state index in [0.717, 1.165) is 39.2 Å². The van der Waals surface area contributed by atoms with Gasteiger partial charge in [-0.05, 0) is 47.7 Å². The minimum Gasteiger partial charge on any atom is -0.357 e. The highest BCUT2D eigenvalue weighted by Gasteiger charge is 2.32. The van der Waals surface area contributed by atoms with Crippen LogP contribution in [0, 0.1) is 6.92 Å². The molecule has 0 saturated carbocycles. The van der Waals surface area contributed by atoms with Gasteiger partial charge in [-0.1, -0.05) is 73.7 Å². The summed E-state index contributed by atoms with van der Waals surface area (Å²) in [6.07, 6.45) is 2.19. The van der Waals surface area contributed by atoms with Crippen molar-refractivity contribution >= 4 is 27.5 Å². The molecule has 7 nitrogen and oxygen atoms in total. The fourth-order valence-corrected chi connectivity index (χ4v) is 5.05. The van der Waals surface area contributed by atoms with Crippen molar-refractivity contribution in [2.24, 2.45) is 0 Å². The first-order valence-corrected chi connectivity index (χ1v) is 14.1. The molecule has 0 bridgehead atoms. The Morgan fingerprint density at radius 3 is 2.08 bits per heavy atom. The van der Waals surface area contributed by atoms with Crippen LogP contribution in [0.15, 0.2) is 78.9 Å². The van der Waals surface area contributed by atoms with Gasteiger partial charge in [-0.3, -0.25) is 13.9 Å². The summed E-state index contributed by atoms with van der Waals surface area (Å²) in [5.41, 5.74) is 4.23. The highest BCUT2D eigenvalue weighted by atomic mass is 32.2. The van der Waals surface area contributed by atoms with E-state index in [4.69, 9.17) is 0 Å². The van der Waals surface area contributed by atoms with Gasteiger partial charge in [0, 0.05) is 20.0 Å². The molecule has 0 aliphatic heterocycles. The van der Waals surface area contributed by atoms with Crippen LogP contribution >= 0.6 is 0 Å². The normalized spacial score (nSPS) is 12.0. The van der Waals surface area contributed by atoms with Crippen molar-refractivity contribution in [2.75, 3.05) is 24.2 Å². The van der Waals surface area contributed by atoms with E-state index in [1.54, 1.807) is 12.1 Å². The summed E-state index contributed by atoms with van der Waals surface area (Å²) in [5.74, 6) is -0.776. The minimum atomic E-state index is -3.77. The molecule has 0 aliphatic carbocycles. The van der Waals surface area contributed by atoms with E-state index in [-0.39, 0.29) is 12.5 Å². The van der Waals surface area contributed by atoms with Gasteiger partial charge in [-0.2, -0.15) is 0 Å². The third-order valence-corrected chi connectivity index (χ3v) is 7.57. The highest BCUT2D eigenvalue weighted by molar-refractivity contribution is 7.92. The van der Waals surface area contributed by atoms with Crippen molar-refractivity contribution in [1.29, 1.82) is 0 Å². The van der Waals surface area contributed by atoms with Gasteiger partial charge in [0.15, 0.2) is 0 Å². The summed E-state index contributed by atoms with van der Waals surface area (Å²) in [6, 6.07) is 23.4. The fourth-order valence-electron chi connectivity index (χ4n) is 4.20. The van der Waals surface area contributed by atoms with E-state index in [1.807, 2.05) is 80.6 Å². The second kappa shape index (κ2) is 12.5. The lowest BCUT2D eigenvalue weighted by atomic mass is 10.0. The summed E-state index contributed by atoms with van der Waals surface area (Å²) in [4.78, 5) is 28.5. The van der Waals surface area contributed by atoms with Crippen molar-refractivity contribution in [3.8, 4) is 0 Å². The monoisotopic (exact) mass is 521 g/mol. The number of benzene rings is 3. The molecule has 196 valence electrons. The number of sulfonamides is 1. The number of anilines is 1. The van der Waals surface area contributed by atoms with Crippen molar-refractivity contribution in [1.82, 2.24) is 10.2 Å². The predicted molar refractivity (Wildman–Crippen MR) is 148 cm³/mol. The Labute approximate surface area is 220 Å². The maximum atomic E-state index is 13.9. The van der Waals surface area contributed by atoms with E-state index < -0.39 is 28.5 Å². The second-order valence-corrected chi connectivity index (χ2v) is 11.0. The minimum absolute atomic E-state index is 0.169. The van der Waals surface area contributed by atoms with Gasteiger partial charge in [-0.15, -0.1) is 0 Å². The van der Waals surface area contributed by atoms with Gasteiger partial charge >= 0.3 is 0 Å². The first-order chi connectivity index (χ1) is 17.6. The molecule has 1 N–H and O–H groups in total. The molecule has 0 aliphatic rings. The molecular formula is C29H35N3O4S. The third kappa shape index (κ3) is 7.43. The van der Waals surface area contributed by atoms with E-state index in [1.165, 1.54) is 11.9 Å². The van der Waals surface area contributed by atoms with Gasteiger partial charge in [0.1, 0.15) is 12.6 Å². The van der Waals surface area contributed by atoms with Crippen molar-refractivity contribution in [3.05, 3.63) is 101 Å². The summed E-state index contributed by atoms with van der Waals surface area (Å²) < 4.78 is 26.7. The molecule has 3 aromatic rings. The van der Waals surface area contributed by atoms with Crippen LogP contribution in [-0.4, -0.2) is 51.0 Å². The summed E-state index contributed by atoms with van der Waals surface area (Å²) in [7, 11) is -2.24. The molecule has 0 heterocycles. The highest BCUT2D eigenvalue weighted by Crippen LogP contribution is 2.22. The predicted octanol–water partition coefficient (Wildman–Crippen LogP) is 3.71. The Kier molecular flexibility index (Phi) is 9.47. The molecule has 3 rings (SSSR count). The number of rotatable bonds is 11. The third-order valence-electron chi connectivity index (χ3n) is 6.43. The Morgan fingerprint density at radius 1 is 0.892 bits per heavy atom. The lowest BCUT2D eigenvalue weighted by molar-refractivity contribution is -0.139. The zero-order valence-electron chi connectivity index (χ0n) is 21.8. The maximum Gasteiger partial charge on any atom is 0.244 e. The van der Waals surface area contributed by atoms with Crippen LogP contribution in [-0.2, 0) is 39.0 Å². The first-order valence-electron chi connectivity index (χ1n) is 12.3.